The fourth-order valence-corrected chi connectivity index (χ4v) is 2.78. The van der Waals surface area contributed by atoms with E-state index in [9.17, 15) is 9.59 Å². The molecule has 0 saturated heterocycles. The quantitative estimate of drug-likeness (QED) is 0.671. The summed E-state index contributed by atoms with van der Waals surface area (Å²) < 4.78 is 4.60. The van der Waals surface area contributed by atoms with E-state index in [1.165, 1.54) is 7.11 Å². The lowest BCUT2D eigenvalue weighted by molar-refractivity contribution is -0.126. The number of carbonyl (C=O) groups excluding carboxylic acids is 2. The summed E-state index contributed by atoms with van der Waals surface area (Å²) in [4.78, 5) is 24.0. The molecular weight excluding hydrogens is 282 g/mol. The van der Waals surface area contributed by atoms with Gasteiger partial charge in [0.15, 0.2) is 0 Å². The molecular formula is C16H29N3O3. The van der Waals surface area contributed by atoms with Gasteiger partial charge in [-0.25, -0.2) is 4.79 Å². The highest BCUT2D eigenvalue weighted by atomic mass is 16.5. The van der Waals surface area contributed by atoms with Gasteiger partial charge in [0, 0.05) is 12.2 Å². The molecule has 126 valence electrons. The van der Waals surface area contributed by atoms with Crippen LogP contribution in [0.2, 0.25) is 0 Å². The van der Waals surface area contributed by atoms with E-state index in [4.69, 9.17) is 0 Å². The van der Waals surface area contributed by atoms with E-state index in [1.807, 2.05) is 20.8 Å². The predicted octanol–water partition coefficient (Wildman–Crippen LogP) is 1.92. The van der Waals surface area contributed by atoms with Gasteiger partial charge in [-0.05, 0) is 25.7 Å². The number of methoxy groups -OCH3 is 1. The Labute approximate surface area is 133 Å². The van der Waals surface area contributed by atoms with Crippen LogP contribution in [0.4, 0.5) is 4.79 Å². The van der Waals surface area contributed by atoms with E-state index >= 15 is 0 Å². The number of amides is 2. The molecule has 0 aliphatic heterocycles. The molecule has 0 radical (unpaired) electrons. The maximum atomic E-state index is 12.6. The van der Waals surface area contributed by atoms with Crippen molar-refractivity contribution in [3.05, 3.63) is 12.3 Å². The molecule has 1 aliphatic carbocycles. The number of nitrogens with one attached hydrogen (secondary N) is 3. The minimum atomic E-state index is -0.602. The Hall–Kier alpha value is -1.72. The van der Waals surface area contributed by atoms with Gasteiger partial charge in [0.1, 0.15) is 6.04 Å². The summed E-state index contributed by atoms with van der Waals surface area (Å²) in [6, 6.07) is -0.602. The van der Waals surface area contributed by atoms with E-state index in [-0.39, 0.29) is 17.4 Å². The fourth-order valence-electron chi connectivity index (χ4n) is 2.78. The number of carbonyl (C=O) groups is 2. The molecule has 1 fully saturated rings. The largest absolute Gasteiger partial charge is 0.453 e. The summed E-state index contributed by atoms with van der Waals surface area (Å²) in [5.74, 6) is -0.183. The van der Waals surface area contributed by atoms with Gasteiger partial charge in [-0.15, -0.1) is 0 Å². The minimum absolute atomic E-state index is 0.0216. The lowest BCUT2D eigenvalue weighted by atomic mass is 9.95. The molecule has 3 N–H and O–H groups in total. The zero-order valence-electron chi connectivity index (χ0n) is 14.1. The predicted molar refractivity (Wildman–Crippen MR) is 86.3 cm³/mol. The molecule has 1 atom stereocenters. The average Bonchev–Trinajstić information content (AvgIpc) is 2.90. The maximum Gasteiger partial charge on any atom is 0.407 e. The van der Waals surface area contributed by atoms with Crippen LogP contribution in [0, 0.1) is 5.92 Å². The number of rotatable bonds is 7. The van der Waals surface area contributed by atoms with E-state index < -0.39 is 12.1 Å². The Morgan fingerprint density at radius 3 is 2.32 bits per heavy atom. The van der Waals surface area contributed by atoms with Gasteiger partial charge >= 0.3 is 6.09 Å². The van der Waals surface area contributed by atoms with Crippen LogP contribution in [0.15, 0.2) is 12.3 Å². The second-order valence-corrected chi connectivity index (χ2v) is 6.47. The number of allylic oxidation sites excluding steroid dienone is 1. The van der Waals surface area contributed by atoms with E-state index in [0.29, 0.717) is 6.54 Å². The van der Waals surface area contributed by atoms with Crippen molar-refractivity contribution in [2.24, 2.45) is 5.92 Å². The van der Waals surface area contributed by atoms with Gasteiger partial charge in [0.05, 0.1) is 12.6 Å². The molecule has 6 heteroatoms. The van der Waals surface area contributed by atoms with Crippen molar-refractivity contribution >= 4 is 12.0 Å². The molecule has 2 amide bonds. The Morgan fingerprint density at radius 2 is 1.86 bits per heavy atom. The Kier molecular flexibility index (Phi) is 6.71. The van der Waals surface area contributed by atoms with Crippen LogP contribution in [-0.2, 0) is 9.53 Å². The van der Waals surface area contributed by atoms with Crippen LogP contribution in [0.5, 0.6) is 0 Å². The minimum Gasteiger partial charge on any atom is -0.453 e. The van der Waals surface area contributed by atoms with Crippen molar-refractivity contribution in [2.75, 3.05) is 13.7 Å². The lowest BCUT2D eigenvalue weighted by Gasteiger charge is -2.33. The van der Waals surface area contributed by atoms with Gasteiger partial charge < -0.3 is 20.7 Å². The fraction of sp³-hybridized carbons (Fsp3) is 0.750. The first kappa shape index (κ1) is 18.3. The highest BCUT2D eigenvalue weighted by molar-refractivity contribution is 5.86. The summed E-state index contributed by atoms with van der Waals surface area (Å²) in [6.07, 6.45) is 3.46. The third-order valence-electron chi connectivity index (χ3n) is 4.09. The number of hydrogen-bond acceptors (Lipinski definition) is 4. The van der Waals surface area contributed by atoms with Gasteiger partial charge in [-0.1, -0.05) is 33.3 Å². The molecule has 0 heterocycles. The average molecular weight is 311 g/mol. The summed E-state index contributed by atoms with van der Waals surface area (Å²) in [6.45, 7) is 10.2. The van der Waals surface area contributed by atoms with Crippen LogP contribution in [0.25, 0.3) is 0 Å². The van der Waals surface area contributed by atoms with Crippen molar-refractivity contribution in [1.82, 2.24) is 16.0 Å². The molecule has 0 spiro atoms. The molecule has 0 bridgehead atoms. The zero-order chi connectivity index (χ0) is 16.8. The second-order valence-electron chi connectivity index (χ2n) is 6.47. The Bertz CT molecular complexity index is 415. The highest BCUT2D eigenvalue weighted by Crippen LogP contribution is 2.29. The Balaban J connectivity index is 2.75. The number of hydrogen-bond donors (Lipinski definition) is 3. The van der Waals surface area contributed by atoms with Crippen LogP contribution < -0.4 is 16.0 Å². The first-order valence-electron chi connectivity index (χ1n) is 7.85. The highest BCUT2D eigenvalue weighted by Gasteiger charge is 2.37. The van der Waals surface area contributed by atoms with E-state index in [2.05, 4.69) is 27.3 Å². The molecule has 0 aromatic rings. The standard InChI is InChI=1S/C16H29N3O3/c1-11(2)13(18-15(21)22-5)14(20)19-16(8-6-7-9-16)10-17-12(3)4/h11,13,17H,3,6-10H2,1-2,4-5H3,(H,18,21)(H,19,20)/t13-/m0/s1. The van der Waals surface area contributed by atoms with Crippen molar-refractivity contribution in [3.8, 4) is 0 Å². The first-order chi connectivity index (χ1) is 10.3. The monoisotopic (exact) mass is 311 g/mol. The number of alkyl carbamates (subject to hydrolysis) is 1. The van der Waals surface area contributed by atoms with Crippen LogP contribution >= 0.6 is 0 Å². The van der Waals surface area contributed by atoms with Crippen molar-refractivity contribution in [1.29, 1.82) is 0 Å². The SMILES string of the molecule is C=C(C)NCC1(NC(=O)[C@@H](NC(=O)OC)C(C)C)CCCC1. The summed E-state index contributed by atoms with van der Waals surface area (Å²) >= 11 is 0. The van der Waals surface area contributed by atoms with Gasteiger partial charge in [-0.2, -0.15) is 0 Å². The van der Waals surface area contributed by atoms with Gasteiger partial charge in [0.25, 0.3) is 0 Å². The molecule has 1 aliphatic rings. The van der Waals surface area contributed by atoms with Crippen LogP contribution in [0.1, 0.15) is 46.5 Å². The molecule has 0 unspecified atom stereocenters. The summed E-state index contributed by atoms with van der Waals surface area (Å²) in [7, 11) is 1.29. The van der Waals surface area contributed by atoms with E-state index in [0.717, 1.165) is 31.4 Å². The lowest BCUT2D eigenvalue weighted by Crippen LogP contribution is -2.59. The first-order valence-corrected chi connectivity index (χ1v) is 7.85. The third kappa shape index (κ3) is 5.24. The number of ether oxygens (including phenoxy) is 1. The topological polar surface area (TPSA) is 79.5 Å². The van der Waals surface area contributed by atoms with E-state index in [1.54, 1.807) is 0 Å². The summed E-state index contributed by atoms with van der Waals surface area (Å²) in [5, 5.41) is 8.99. The second kappa shape index (κ2) is 8.06. The van der Waals surface area contributed by atoms with Crippen LogP contribution in [0.3, 0.4) is 0 Å². The molecule has 0 aromatic carbocycles. The van der Waals surface area contributed by atoms with Gasteiger partial charge in [-0.3, -0.25) is 4.79 Å². The maximum absolute atomic E-state index is 12.6. The molecule has 22 heavy (non-hydrogen) atoms. The smallest absolute Gasteiger partial charge is 0.407 e. The van der Waals surface area contributed by atoms with Crippen molar-refractivity contribution in [2.45, 2.75) is 58.0 Å². The molecule has 1 rings (SSSR count). The normalized spacial score (nSPS) is 17.7. The third-order valence-corrected chi connectivity index (χ3v) is 4.09. The molecule has 6 nitrogen and oxygen atoms in total. The zero-order valence-corrected chi connectivity index (χ0v) is 14.1. The molecule has 1 saturated carbocycles. The molecule has 0 aromatic heterocycles. The van der Waals surface area contributed by atoms with Crippen molar-refractivity contribution in [3.63, 3.8) is 0 Å². The van der Waals surface area contributed by atoms with Gasteiger partial charge in [0.2, 0.25) is 5.91 Å². The Morgan fingerprint density at radius 1 is 1.27 bits per heavy atom. The summed E-state index contributed by atoms with van der Waals surface area (Å²) in [5.41, 5.74) is 0.620. The van der Waals surface area contributed by atoms with Crippen molar-refractivity contribution < 1.29 is 14.3 Å². The van der Waals surface area contributed by atoms with Crippen LogP contribution in [-0.4, -0.2) is 37.2 Å².